The fourth-order valence-corrected chi connectivity index (χ4v) is 2.53. The van der Waals surface area contributed by atoms with E-state index < -0.39 is 12.2 Å². The van der Waals surface area contributed by atoms with E-state index in [0.717, 1.165) is 31.8 Å². The van der Waals surface area contributed by atoms with Gasteiger partial charge in [0.25, 0.3) is 0 Å². The van der Waals surface area contributed by atoms with Crippen molar-refractivity contribution in [2.45, 2.75) is 32.0 Å². The number of hydrogen-bond donors (Lipinski definition) is 2. The first-order chi connectivity index (χ1) is 8.06. The number of carbonyl (C=O) groups is 1. The normalized spacial score (nSPS) is 32.1. The summed E-state index contributed by atoms with van der Waals surface area (Å²) in [7, 11) is 0. The first kappa shape index (κ1) is 12.8. The molecule has 0 bridgehead atoms. The summed E-state index contributed by atoms with van der Waals surface area (Å²) in [5.41, 5.74) is 0. The van der Waals surface area contributed by atoms with Gasteiger partial charge in [-0.25, -0.2) is 0 Å². The number of hydrogen-bond acceptors (Lipinski definition) is 4. The SMILES string of the molecule is CC1CCN(C(=O)CN2C[C@@H](O)[C@@H](O)C2)CC1. The molecule has 2 heterocycles. The Morgan fingerprint density at radius 1 is 1.18 bits per heavy atom. The minimum Gasteiger partial charge on any atom is -0.389 e. The Bertz CT molecular complexity index is 267. The average molecular weight is 242 g/mol. The maximum atomic E-state index is 12.0. The molecule has 0 aromatic carbocycles. The molecule has 2 N–H and O–H groups in total. The summed E-state index contributed by atoms with van der Waals surface area (Å²) in [6.45, 7) is 5.03. The zero-order valence-corrected chi connectivity index (χ0v) is 10.4. The molecule has 0 aromatic rings. The maximum Gasteiger partial charge on any atom is 0.236 e. The van der Waals surface area contributed by atoms with E-state index in [2.05, 4.69) is 6.92 Å². The van der Waals surface area contributed by atoms with Gasteiger partial charge in [0.05, 0.1) is 18.8 Å². The molecule has 5 nitrogen and oxygen atoms in total. The Balaban J connectivity index is 1.78. The lowest BCUT2D eigenvalue weighted by Gasteiger charge is -2.31. The number of β-amino-alcohol motifs (C(OH)–C–C–N with tert-alkyl or cyclic N) is 2. The number of carbonyl (C=O) groups excluding carboxylic acids is 1. The first-order valence-electron chi connectivity index (χ1n) is 6.42. The summed E-state index contributed by atoms with van der Waals surface area (Å²) >= 11 is 0. The quantitative estimate of drug-likeness (QED) is 0.671. The highest BCUT2D eigenvalue weighted by Gasteiger charge is 2.31. The van der Waals surface area contributed by atoms with Crippen LogP contribution in [0, 0.1) is 5.92 Å². The number of piperidine rings is 1. The molecule has 0 unspecified atom stereocenters. The number of likely N-dealkylation sites (tertiary alicyclic amines) is 2. The molecule has 0 saturated carbocycles. The highest BCUT2D eigenvalue weighted by Crippen LogP contribution is 2.17. The minimum absolute atomic E-state index is 0.123. The number of nitrogens with zero attached hydrogens (tertiary/aromatic N) is 2. The molecule has 2 fully saturated rings. The molecule has 1 amide bonds. The summed E-state index contributed by atoms with van der Waals surface area (Å²) < 4.78 is 0. The molecule has 2 aliphatic rings. The lowest BCUT2D eigenvalue weighted by Crippen LogP contribution is -2.43. The Labute approximate surface area is 102 Å². The van der Waals surface area contributed by atoms with Gasteiger partial charge in [0.2, 0.25) is 5.91 Å². The summed E-state index contributed by atoms with van der Waals surface area (Å²) in [4.78, 5) is 15.7. The van der Waals surface area contributed by atoms with E-state index in [1.807, 2.05) is 9.80 Å². The van der Waals surface area contributed by atoms with E-state index >= 15 is 0 Å². The number of aliphatic hydroxyl groups excluding tert-OH is 2. The number of amides is 1. The molecule has 2 rings (SSSR count). The monoisotopic (exact) mass is 242 g/mol. The van der Waals surface area contributed by atoms with E-state index in [4.69, 9.17) is 0 Å². The molecular weight excluding hydrogens is 220 g/mol. The molecule has 2 atom stereocenters. The van der Waals surface area contributed by atoms with Crippen LogP contribution in [-0.2, 0) is 4.79 Å². The second-order valence-corrected chi connectivity index (χ2v) is 5.39. The highest BCUT2D eigenvalue weighted by molar-refractivity contribution is 5.78. The Morgan fingerprint density at radius 2 is 1.71 bits per heavy atom. The van der Waals surface area contributed by atoms with Gasteiger partial charge >= 0.3 is 0 Å². The van der Waals surface area contributed by atoms with Gasteiger partial charge in [-0.15, -0.1) is 0 Å². The van der Waals surface area contributed by atoms with Crippen LogP contribution in [0.5, 0.6) is 0 Å². The fourth-order valence-electron chi connectivity index (χ4n) is 2.53. The zero-order chi connectivity index (χ0) is 12.4. The molecule has 0 spiro atoms. The van der Waals surface area contributed by atoms with E-state index in [1.165, 1.54) is 0 Å². The van der Waals surface area contributed by atoms with Crippen LogP contribution in [0.2, 0.25) is 0 Å². The van der Waals surface area contributed by atoms with Crippen molar-refractivity contribution >= 4 is 5.91 Å². The van der Waals surface area contributed by atoms with Crippen LogP contribution in [0.1, 0.15) is 19.8 Å². The second-order valence-electron chi connectivity index (χ2n) is 5.39. The fraction of sp³-hybridized carbons (Fsp3) is 0.917. The van der Waals surface area contributed by atoms with Crippen molar-refractivity contribution < 1.29 is 15.0 Å². The highest BCUT2D eigenvalue weighted by atomic mass is 16.3. The number of rotatable bonds is 2. The topological polar surface area (TPSA) is 64.0 Å². The van der Waals surface area contributed by atoms with Crippen LogP contribution in [0.4, 0.5) is 0 Å². The lowest BCUT2D eigenvalue weighted by molar-refractivity contribution is -0.133. The van der Waals surface area contributed by atoms with Crippen LogP contribution in [0.15, 0.2) is 0 Å². The first-order valence-corrected chi connectivity index (χ1v) is 6.42. The molecule has 0 aromatic heterocycles. The third-order valence-corrected chi connectivity index (χ3v) is 3.83. The van der Waals surface area contributed by atoms with Crippen molar-refractivity contribution in [3.8, 4) is 0 Å². The van der Waals surface area contributed by atoms with E-state index in [-0.39, 0.29) is 5.91 Å². The smallest absolute Gasteiger partial charge is 0.236 e. The van der Waals surface area contributed by atoms with Gasteiger partial charge < -0.3 is 15.1 Å². The molecule has 98 valence electrons. The second kappa shape index (κ2) is 5.33. The van der Waals surface area contributed by atoms with Gasteiger partial charge in [0, 0.05) is 26.2 Å². The average Bonchev–Trinajstić information content (AvgIpc) is 2.58. The third kappa shape index (κ3) is 3.18. The molecule has 0 aliphatic carbocycles. The molecular formula is C12H22N2O3. The van der Waals surface area contributed by atoms with Gasteiger partial charge in [-0.3, -0.25) is 9.69 Å². The summed E-state index contributed by atoms with van der Waals surface area (Å²) in [6.07, 6.45) is 0.752. The summed E-state index contributed by atoms with van der Waals surface area (Å²) in [6, 6.07) is 0. The van der Waals surface area contributed by atoms with Gasteiger partial charge in [-0.2, -0.15) is 0 Å². The predicted molar refractivity (Wildman–Crippen MR) is 63.4 cm³/mol. The summed E-state index contributed by atoms with van der Waals surface area (Å²) in [5.74, 6) is 0.840. The van der Waals surface area contributed by atoms with Crippen molar-refractivity contribution in [3.05, 3.63) is 0 Å². The van der Waals surface area contributed by atoms with Gasteiger partial charge in [-0.1, -0.05) is 6.92 Å². The van der Waals surface area contributed by atoms with Gasteiger partial charge in [0.15, 0.2) is 0 Å². The molecule has 2 saturated heterocycles. The largest absolute Gasteiger partial charge is 0.389 e. The summed E-state index contributed by atoms with van der Waals surface area (Å²) in [5, 5.41) is 18.8. The van der Waals surface area contributed by atoms with Crippen molar-refractivity contribution in [2.24, 2.45) is 5.92 Å². The van der Waals surface area contributed by atoms with Crippen LogP contribution in [0.25, 0.3) is 0 Å². The number of aliphatic hydroxyl groups is 2. The van der Waals surface area contributed by atoms with Crippen molar-refractivity contribution in [3.63, 3.8) is 0 Å². The van der Waals surface area contributed by atoms with Crippen molar-refractivity contribution in [2.75, 3.05) is 32.7 Å². The van der Waals surface area contributed by atoms with Gasteiger partial charge in [-0.05, 0) is 18.8 Å². The molecule has 0 radical (unpaired) electrons. The molecule has 5 heteroatoms. The van der Waals surface area contributed by atoms with E-state index in [9.17, 15) is 15.0 Å². The van der Waals surface area contributed by atoms with Crippen molar-refractivity contribution in [1.82, 2.24) is 9.80 Å². The van der Waals surface area contributed by atoms with E-state index in [0.29, 0.717) is 19.6 Å². The standard InChI is InChI=1S/C12H22N2O3/c1-9-2-4-14(5-3-9)12(17)8-13-6-10(15)11(16)7-13/h9-11,15-16H,2-8H2,1H3/t10-,11+. The van der Waals surface area contributed by atoms with Crippen molar-refractivity contribution in [1.29, 1.82) is 0 Å². The van der Waals surface area contributed by atoms with Crippen LogP contribution < -0.4 is 0 Å². The van der Waals surface area contributed by atoms with Gasteiger partial charge in [0.1, 0.15) is 0 Å². The van der Waals surface area contributed by atoms with Crippen LogP contribution in [-0.4, -0.2) is 70.9 Å². The molecule has 17 heavy (non-hydrogen) atoms. The Hall–Kier alpha value is -0.650. The Kier molecular flexibility index (Phi) is 4.01. The third-order valence-electron chi connectivity index (χ3n) is 3.83. The van der Waals surface area contributed by atoms with Crippen LogP contribution in [0.3, 0.4) is 0 Å². The molecule has 2 aliphatic heterocycles. The minimum atomic E-state index is -0.704. The zero-order valence-electron chi connectivity index (χ0n) is 10.4. The predicted octanol–water partition coefficient (Wildman–Crippen LogP) is -0.718. The Morgan fingerprint density at radius 3 is 2.24 bits per heavy atom. The maximum absolute atomic E-state index is 12.0. The van der Waals surface area contributed by atoms with E-state index in [1.54, 1.807) is 0 Å². The lowest BCUT2D eigenvalue weighted by atomic mass is 9.99. The van der Waals surface area contributed by atoms with Crippen LogP contribution >= 0.6 is 0 Å².